The van der Waals surface area contributed by atoms with Crippen LogP contribution in [0.1, 0.15) is 21.5 Å². The quantitative estimate of drug-likeness (QED) is 0.879. The first-order chi connectivity index (χ1) is 9.66. The van der Waals surface area contributed by atoms with Gasteiger partial charge in [0.2, 0.25) is 10.0 Å². The second-order valence-electron chi connectivity index (χ2n) is 4.89. The maximum absolute atomic E-state index is 12.2. The third-order valence-electron chi connectivity index (χ3n) is 2.82. The van der Waals surface area contributed by atoms with E-state index in [9.17, 15) is 13.2 Å². The number of sulfonamides is 1. The van der Waals surface area contributed by atoms with E-state index in [1.807, 2.05) is 19.9 Å². The van der Waals surface area contributed by atoms with Gasteiger partial charge in [-0.3, -0.25) is 9.48 Å². The van der Waals surface area contributed by atoms with Crippen LogP contribution in [0.4, 0.5) is 5.82 Å². The number of primary sulfonamides is 1. The smallest absolute Gasteiger partial charge is 0.256 e. The van der Waals surface area contributed by atoms with Crippen LogP contribution in [0.2, 0.25) is 0 Å². The lowest BCUT2D eigenvalue weighted by atomic mass is 10.1. The molecule has 0 radical (unpaired) electrons. The van der Waals surface area contributed by atoms with Crippen molar-refractivity contribution in [1.29, 1.82) is 0 Å². The lowest BCUT2D eigenvalue weighted by Gasteiger charge is -2.06. The lowest BCUT2D eigenvalue weighted by molar-refractivity contribution is 0.102. The Balaban J connectivity index is 2.36. The van der Waals surface area contributed by atoms with Crippen LogP contribution in [-0.4, -0.2) is 24.1 Å². The van der Waals surface area contributed by atoms with E-state index in [2.05, 4.69) is 10.4 Å². The van der Waals surface area contributed by atoms with Gasteiger partial charge < -0.3 is 5.32 Å². The highest BCUT2D eigenvalue weighted by atomic mass is 32.2. The van der Waals surface area contributed by atoms with Crippen molar-refractivity contribution in [3.8, 4) is 0 Å². The summed E-state index contributed by atoms with van der Waals surface area (Å²) in [6.07, 6.45) is 1.24. The van der Waals surface area contributed by atoms with Crippen molar-refractivity contribution < 1.29 is 13.2 Å². The topological polar surface area (TPSA) is 107 Å². The average molecular weight is 308 g/mol. The van der Waals surface area contributed by atoms with Crippen molar-refractivity contribution in [1.82, 2.24) is 9.78 Å². The Morgan fingerprint density at radius 3 is 2.33 bits per heavy atom. The highest BCUT2D eigenvalue weighted by Crippen LogP contribution is 2.19. The molecule has 1 aromatic heterocycles. The summed E-state index contributed by atoms with van der Waals surface area (Å²) in [7, 11) is -2.41. The molecule has 3 N–H and O–H groups in total. The fraction of sp³-hybridized carbons (Fsp3) is 0.231. The number of aromatic nitrogens is 2. The number of anilines is 1. The van der Waals surface area contributed by atoms with Crippen LogP contribution in [0.25, 0.3) is 0 Å². The molecule has 1 aromatic carbocycles. The Morgan fingerprint density at radius 1 is 1.24 bits per heavy atom. The van der Waals surface area contributed by atoms with Crippen molar-refractivity contribution in [2.45, 2.75) is 18.7 Å². The Labute approximate surface area is 122 Å². The highest BCUT2D eigenvalue weighted by Gasteiger charge is 2.20. The van der Waals surface area contributed by atoms with Gasteiger partial charge in [0.15, 0.2) is 5.82 Å². The summed E-state index contributed by atoms with van der Waals surface area (Å²) in [4.78, 5) is 12.0. The second kappa shape index (κ2) is 5.30. The van der Waals surface area contributed by atoms with Crippen LogP contribution >= 0.6 is 0 Å². The highest BCUT2D eigenvalue weighted by molar-refractivity contribution is 7.89. The van der Waals surface area contributed by atoms with Crippen molar-refractivity contribution in [3.05, 3.63) is 41.1 Å². The average Bonchev–Trinajstić information content (AvgIpc) is 2.68. The molecule has 7 nitrogen and oxygen atoms in total. The van der Waals surface area contributed by atoms with Gasteiger partial charge in [-0.15, -0.1) is 0 Å². The van der Waals surface area contributed by atoms with Gasteiger partial charge >= 0.3 is 0 Å². The van der Waals surface area contributed by atoms with Crippen LogP contribution in [0.5, 0.6) is 0 Å². The molecule has 21 heavy (non-hydrogen) atoms. The van der Waals surface area contributed by atoms with E-state index in [1.54, 1.807) is 19.2 Å². The van der Waals surface area contributed by atoms with Gasteiger partial charge in [0.05, 0.1) is 0 Å². The number of nitrogens with zero attached hydrogens (tertiary/aromatic N) is 2. The molecule has 1 heterocycles. The Kier molecular flexibility index (Phi) is 3.84. The number of benzene rings is 1. The molecule has 0 saturated heterocycles. The van der Waals surface area contributed by atoms with Crippen molar-refractivity contribution in [2.24, 2.45) is 12.2 Å². The molecule has 0 aliphatic rings. The van der Waals surface area contributed by atoms with Crippen molar-refractivity contribution in [2.75, 3.05) is 5.32 Å². The van der Waals surface area contributed by atoms with E-state index in [4.69, 9.17) is 5.14 Å². The predicted molar refractivity (Wildman–Crippen MR) is 78.5 cm³/mol. The molecule has 0 saturated carbocycles. The molecule has 0 aliphatic heterocycles. The number of nitrogens with two attached hydrogens (primary N) is 1. The van der Waals surface area contributed by atoms with E-state index in [0.717, 1.165) is 11.1 Å². The Bertz CT molecular complexity index is 789. The zero-order chi connectivity index (χ0) is 15.8. The van der Waals surface area contributed by atoms with Gasteiger partial charge in [-0.1, -0.05) is 17.2 Å². The minimum absolute atomic E-state index is 0.0795. The zero-order valence-corrected chi connectivity index (χ0v) is 12.7. The summed E-state index contributed by atoms with van der Waals surface area (Å²) in [6.45, 7) is 3.75. The molecular formula is C13H16N4O3S. The fourth-order valence-corrected chi connectivity index (χ4v) is 2.71. The standard InChI is InChI=1S/C13H16N4O3S/c1-8-4-9(2)6-10(5-8)13(18)15-12-11(21(14,19)20)7-17(3)16-12/h4-7H,1-3H3,(H2,14,19,20)(H,15,16,18). The fourth-order valence-electron chi connectivity index (χ4n) is 2.05. The van der Waals surface area contributed by atoms with Gasteiger partial charge in [-0.2, -0.15) is 5.10 Å². The Morgan fingerprint density at radius 2 is 1.81 bits per heavy atom. The Hall–Kier alpha value is -2.19. The molecular weight excluding hydrogens is 292 g/mol. The normalized spacial score (nSPS) is 11.4. The van der Waals surface area contributed by atoms with Crippen molar-refractivity contribution >= 4 is 21.7 Å². The van der Waals surface area contributed by atoms with Crippen LogP contribution in [0.3, 0.4) is 0 Å². The van der Waals surface area contributed by atoms with E-state index in [0.29, 0.717) is 5.56 Å². The van der Waals surface area contributed by atoms with Crippen LogP contribution in [-0.2, 0) is 17.1 Å². The van der Waals surface area contributed by atoms with Gasteiger partial charge in [-0.25, -0.2) is 13.6 Å². The summed E-state index contributed by atoms with van der Waals surface area (Å²) in [6, 6.07) is 5.36. The number of carbonyl (C=O) groups is 1. The SMILES string of the molecule is Cc1cc(C)cc(C(=O)Nc2nn(C)cc2S(N)(=O)=O)c1. The number of amides is 1. The zero-order valence-electron chi connectivity index (χ0n) is 11.9. The number of carbonyl (C=O) groups excluding carboxylic acids is 1. The molecule has 2 aromatic rings. The molecule has 0 spiro atoms. The summed E-state index contributed by atoms with van der Waals surface area (Å²) in [5, 5.41) is 11.5. The van der Waals surface area contributed by atoms with Crippen LogP contribution in [0.15, 0.2) is 29.3 Å². The lowest BCUT2D eigenvalue weighted by Crippen LogP contribution is -2.18. The van der Waals surface area contributed by atoms with Gasteiger partial charge in [0.1, 0.15) is 4.90 Å². The maximum atomic E-state index is 12.2. The third kappa shape index (κ3) is 3.47. The molecule has 0 atom stereocenters. The summed E-state index contributed by atoms with van der Waals surface area (Å²) in [5.74, 6) is -0.519. The molecule has 112 valence electrons. The van der Waals surface area contributed by atoms with E-state index in [1.165, 1.54) is 10.9 Å². The first-order valence-corrected chi connectivity index (χ1v) is 7.67. The minimum Gasteiger partial charge on any atom is -0.304 e. The summed E-state index contributed by atoms with van der Waals surface area (Å²) in [5.41, 5.74) is 2.30. The van der Waals surface area contributed by atoms with E-state index < -0.39 is 15.9 Å². The molecule has 0 fully saturated rings. The van der Waals surface area contributed by atoms with Gasteiger partial charge in [-0.05, 0) is 26.0 Å². The van der Waals surface area contributed by atoms with Gasteiger partial charge in [0, 0.05) is 18.8 Å². The predicted octanol–water partition coefficient (Wildman–Crippen LogP) is 0.937. The number of hydrogen-bond acceptors (Lipinski definition) is 4. The van der Waals surface area contributed by atoms with E-state index >= 15 is 0 Å². The molecule has 8 heteroatoms. The molecule has 2 rings (SSSR count). The van der Waals surface area contributed by atoms with Crippen molar-refractivity contribution in [3.63, 3.8) is 0 Å². The first kappa shape index (κ1) is 15.2. The maximum Gasteiger partial charge on any atom is 0.256 e. The first-order valence-electron chi connectivity index (χ1n) is 6.13. The second-order valence-corrected chi connectivity index (χ2v) is 6.42. The largest absolute Gasteiger partial charge is 0.304 e. The van der Waals surface area contributed by atoms with E-state index in [-0.39, 0.29) is 10.7 Å². The number of rotatable bonds is 3. The number of aryl methyl sites for hydroxylation is 3. The number of hydrogen-bond donors (Lipinski definition) is 2. The molecule has 1 amide bonds. The summed E-state index contributed by atoms with van der Waals surface area (Å²) >= 11 is 0. The van der Waals surface area contributed by atoms with Crippen LogP contribution < -0.4 is 10.5 Å². The minimum atomic E-state index is -3.95. The molecule has 0 unspecified atom stereocenters. The monoisotopic (exact) mass is 308 g/mol. The van der Waals surface area contributed by atoms with Gasteiger partial charge in [0.25, 0.3) is 5.91 Å². The summed E-state index contributed by atoms with van der Waals surface area (Å²) < 4.78 is 24.2. The molecule has 0 bridgehead atoms. The molecule has 0 aliphatic carbocycles. The number of nitrogens with one attached hydrogen (secondary N) is 1. The third-order valence-corrected chi connectivity index (χ3v) is 3.73. The van der Waals surface area contributed by atoms with Crippen LogP contribution in [0, 0.1) is 13.8 Å².